The zero-order valence-corrected chi connectivity index (χ0v) is 17.0. The molecule has 0 atom stereocenters. The van der Waals surface area contributed by atoms with Gasteiger partial charge in [0, 0.05) is 37.0 Å². The average molecular weight is 396 g/mol. The summed E-state index contributed by atoms with van der Waals surface area (Å²) in [6, 6.07) is 27.6. The summed E-state index contributed by atoms with van der Waals surface area (Å²) in [5.74, 6) is 0.831. The number of pyridine rings is 1. The number of methoxy groups -OCH3 is 1. The molecule has 1 amide bonds. The SMILES string of the molecule is COc1ccc(CN(CCc2ccccn2)C(=O)c2cccc3ccccc23)cc1. The third-order valence-corrected chi connectivity index (χ3v) is 5.20. The molecule has 1 heterocycles. The van der Waals surface area contributed by atoms with Crippen molar-refractivity contribution in [2.45, 2.75) is 13.0 Å². The van der Waals surface area contributed by atoms with Crippen LogP contribution in [0.25, 0.3) is 10.8 Å². The molecule has 4 heteroatoms. The van der Waals surface area contributed by atoms with Gasteiger partial charge in [0.2, 0.25) is 0 Å². The van der Waals surface area contributed by atoms with Gasteiger partial charge in [-0.15, -0.1) is 0 Å². The first-order chi connectivity index (χ1) is 14.7. The highest BCUT2D eigenvalue weighted by atomic mass is 16.5. The van der Waals surface area contributed by atoms with Crippen LogP contribution in [0.2, 0.25) is 0 Å². The van der Waals surface area contributed by atoms with Gasteiger partial charge in [-0.1, -0.05) is 54.6 Å². The minimum Gasteiger partial charge on any atom is -0.497 e. The number of nitrogens with zero attached hydrogens (tertiary/aromatic N) is 2. The summed E-state index contributed by atoms with van der Waals surface area (Å²) in [6.07, 6.45) is 2.49. The van der Waals surface area contributed by atoms with E-state index in [9.17, 15) is 4.79 Å². The summed E-state index contributed by atoms with van der Waals surface area (Å²) in [7, 11) is 1.65. The first kappa shape index (κ1) is 19.6. The van der Waals surface area contributed by atoms with Crippen molar-refractivity contribution in [3.63, 3.8) is 0 Å². The smallest absolute Gasteiger partial charge is 0.254 e. The Bertz CT molecular complexity index is 1120. The van der Waals surface area contributed by atoms with E-state index >= 15 is 0 Å². The summed E-state index contributed by atoms with van der Waals surface area (Å²) in [4.78, 5) is 19.9. The van der Waals surface area contributed by atoms with Crippen molar-refractivity contribution < 1.29 is 9.53 Å². The first-order valence-electron chi connectivity index (χ1n) is 10.0. The summed E-state index contributed by atoms with van der Waals surface area (Å²) >= 11 is 0. The second-order valence-electron chi connectivity index (χ2n) is 7.17. The van der Waals surface area contributed by atoms with Gasteiger partial charge in [-0.25, -0.2) is 0 Å². The van der Waals surface area contributed by atoms with Crippen LogP contribution in [-0.2, 0) is 13.0 Å². The van der Waals surface area contributed by atoms with Crippen LogP contribution in [0.15, 0.2) is 91.1 Å². The lowest BCUT2D eigenvalue weighted by Gasteiger charge is -2.24. The van der Waals surface area contributed by atoms with Crippen LogP contribution >= 0.6 is 0 Å². The van der Waals surface area contributed by atoms with Gasteiger partial charge in [-0.05, 0) is 46.7 Å². The van der Waals surface area contributed by atoms with Crippen molar-refractivity contribution in [2.75, 3.05) is 13.7 Å². The van der Waals surface area contributed by atoms with E-state index in [4.69, 9.17) is 4.74 Å². The van der Waals surface area contributed by atoms with Crippen LogP contribution in [0.3, 0.4) is 0 Å². The molecule has 0 aliphatic heterocycles. The number of hydrogen-bond donors (Lipinski definition) is 0. The van der Waals surface area contributed by atoms with Crippen LogP contribution in [0.4, 0.5) is 0 Å². The molecule has 0 aliphatic carbocycles. The summed E-state index contributed by atoms with van der Waals surface area (Å²) < 4.78 is 5.26. The normalized spacial score (nSPS) is 10.7. The van der Waals surface area contributed by atoms with Gasteiger partial charge in [0.1, 0.15) is 5.75 Å². The highest BCUT2D eigenvalue weighted by Gasteiger charge is 2.18. The maximum absolute atomic E-state index is 13.6. The molecule has 1 aromatic heterocycles. The van der Waals surface area contributed by atoms with Gasteiger partial charge in [0.05, 0.1) is 7.11 Å². The standard InChI is InChI=1S/C26H24N2O2/c1-30-23-14-12-20(13-15-23)19-28(18-16-22-9-4-5-17-27-22)26(29)25-11-6-8-21-7-2-3-10-24(21)25/h2-15,17H,16,18-19H2,1H3. The van der Waals surface area contributed by atoms with E-state index < -0.39 is 0 Å². The topological polar surface area (TPSA) is 42.4 Å². The number of amides is 1. The largest absolute Gasteiger partial charge is 0.497 e. The fourth-order valence-corrected chi connectivity index (χ4v) is 3.58. The second kappa shape index (κ2) is 9.23. The predicted molar refractivity (Wildman–Crippen MR) is 120 cm³/mol. The molecule has 4 rings (SSSR count). The van der Waals surface area contributed by atoms with Gasteiger partial charge >= 0.3 is 0 Å². The molecular weight excluding hydrogens is 372 g/mol. The Balaban J connectivity index is 1.63. The molecule has 4 aromatic rings. The Morgan fingerprint density at radius 3 is 2.43 bits per heavy atom. The van der Waals surface area contributed by atoms with E-state index in [-0.39, 0.29) is 5.91 Å². The van der Waals surface area contributed by atoms with E-state index in [1.165, 1.54) is 0 Å². The average Bonchev–Trinajstić information content (AvgIpc) is 2.82. The molecule has 30 heavy (non-hydrogen) atoms. The van der Waals surface area contributed by atoms with Gasteiger partial charge in [0.25, 0.3) is 5.91 Å². The maximum atomic E-state index is 13.6. The molecule has 0 N–H and O–H groups in total. The third-order valence-electron chi connectivity index (χ3n) is 5.20. The van der Waals surface area contributed by atoms with Crippen LogP contribution in [-0.4, -0.2) is 29.4 Å². The molecule has 0 fully saturated rings. The molecular formula is C26H24N2O2. The molecule has 0 aliphatic rings. The highest BCUT2D eigenvalue weighted by Crippen LogP contribution is 2.22. The van der Waals surface area contributed by atoms with Crippen molar-refractivity contribution >= 4 is 16.7 Å². The van der Waals surface area contributed by atoms with Crippen LogP contribution < -0.4 is 4.74 Å². The molecule has 0 radical (unpaired) electrons. The monoisotopic (exact) mass is 396 g/mol. The number of rotatable bonds is 7. The lowest BCUT2D eigenvalue weighted by Crippen LogP contribution is -2.32. The summed E-state index contributed by atoms with van der Waals surface area (Å²) in [6.45, 7) is 1.12. The Kier molecular flexibility index (Phi) is 6.04. The number of hydrogen-bond acceptors (Lipinski definition) is 3. The lowest BCUT2D eigenvalue weighted by atomic mass is 10.0. The summed E-state index contributed by atoms with van der Waals surface area (Å²) in [5.41, 5.74) is 2.76. The number of ether oxygens (including phenoxy) is 1. The Morgan fingerprint density at radius 1 is 0.900 bits per heavy atom. The van der Waals surface area contributed by atoms with Crippen molar-refractivity contribution in [2.24, 2.45) is 0 Å². The van der Waals surface area contributed by atoms with Gasteiger partial charge in [-0.3, -0.25) is 9.78 Å². The predicted octanol–water partition coefficient (Wildman–Crippen LogP) is 5.13. The Morgan fingerprint density at radius 2 is 1.67 bits per heavy atom. The van der Waals surface area contributed by atoms with E-state index in [0.717, 1.165) is 33.3 Å². The van der Waals surface area contributed by atoms with Crippen molar-refractivity contribution in [1.29, 1.82) is 0 Å². The zero-order valence-electron chi connectivity index (χ0n) is 17.0. The van der Waals surface area contributed by atoms with Crippen LogP contribution in [0.1, 0.15) is 21.6 Å². The van der Waals surface area contributed by atoms with Crippen molar-refractivity contribution in [3.8, 4) is 5.75 Å². The third kappa shape index (κ3) is 4.49. The molecule has 150 valence electrons. The molecule has 0 saturated carbocycles. The molecule has 3 aromatic carbocycles. The quantitative estimate of drug-likeness (QED) is 0.435. The van der Waals surface area contributed by atoms with Crippen LogP contribution in [0.5, 0.6) is 5.75 Å². The molecule has 4 nitrogen and oxygen atoms in total. The number of carbonyl (C=O) groups excluding carboxylic acids is 1. The number of fused-ring (bicyclic) bond motifs is 1. The van der Waals surface area contributed by atoms with E-state index in [0.29, 0.717) is 19.5 Å². The molecule has 0 saturated heterocycles. The molecule has 0 spiro atoms. The second-order valence-corrected chi connectivity index (χ2v) is 7.17. The number of benzene rings is 3. The lowest BCUT2D eigenvalue weighted by molar-refractivity contribution is 0.0746. The van der Waals surface area contributed by atoms with Crippen LogP contribution in [0, 0.1) is 0 Å². The Hall–Kier alpha value is -3.66. The Labute approximate surface area is 176 Å². The highest BCUT2D eigenvalue weighted by molar-refractivity contribution is 6.07. The summed E-state index contributed by atoms with van der Waals surface area (Å²) in [5, 5.41) is 2.04. The minimum absolute atomic E-state index is 0.0264. The fourth-order valence-electron chi connectivity index (χ4n) is 3.58. The van der Waals surface area contributed by atoms with E-state index in [1.54, 1.807) is 13.3 Å². The molecule has 0 bridgehead atoms. The van der Waals surface area contributed by atoms with Crippen molar-refractivity contribution in [3.05, 3.63) is 108 Å². The maximum Gasteiger partial charge on any atom is 0.254 e. The fraction of sp³-hybridized carbons (Fsp3) is 0.154. The van der Waals surface area contributed by atoms with Gasteiger partial charge in [0.15, 0.2) is 0 Å². The number of aromatic nitrogens is 1. The number of carbonyl (C=O) groups is 1. The molecule has 0 unspecified atom stereocenters. The van der Waals surface area contributed by atoms with Gasteiger partial charge < -0.3 is 9.64 Å². The minimum atomic E-state index is 0.0264. The first-order valence-corrected chi connectivity index (χ1v) is 10.0. The van der Waals surface area contributed by atoms with Gasteiger partial charge in [-0.2, -0.15) is 0 Å². The van der Waals surface area contributed by atoms with Crippen molar-refractivity contribution in [1.82, 2.24) is 9.88 Å². The zero-order chi connectivity index (χ0) is 20.8. The van der Waals surface area contributed by atoms with E-state index in [2.05, 4.69) is 4.98 Å². The van der Waals surface area contributed by atoms with E-state index in [1.807, 2.05) is 89.8 Å².